The molecular weight excluding hydrogens is 350 g/mol. The Kier molecular flexibility index (Phi) is 5.54. The lowest BCUT2D eigenvalue weighted by Crippen LogP contribution is -2.18. The van der Waals surface area contributed by atoms with Gasteiger partial charge in [0.25, 0.3) is 0 Å². The van der Waals surface area contributed by atoms with Gasteiger partial charge < -0.3 is 20.8 Å². The van der Waals surface area contributed by atoms with Crippen molar-refractivity contribution in [2.75, 3.05) is 31.6 Å². The third kappa shape index (κ3) is 4.32. The minimum Gasteiger partial charge on any atom is -0.477 e. The molecule has 2 fully saturated rings. The summed E-state index contributed by atoms with van der Waals surface area (Å²) in [5.41, 5.74) is 3.91. The number of nitrogens with one attached hydrogen (secondary N) is 3. The molecule has 3 N–H and O–H groups in total. The van der Waals surface area contributed by atoms with Crippen LogP contribution >= 0.6 is 0 Å². The van der Waals surface area contributed by atoms with Gasteiger partial charge in [0.05, 0.1) is 23.9 Å². The lowest BCUT2D eigenvalue weighted by atomic mass is 10.0. The topological polar surface area (TPSA) is 93.8 Å². The van der Waals surface area contributed by atoms with E-state index >= 15 is 0 Å². The summed E-state index contributed by atoms with van der Waals surface area (Å²) >= 11 is 0. The molecule has 0 radical (unpaired) electrons. The monoisotopic (exact) mass is 375 g/mol. The molecule has 28 heavy (non-hydrogen) atoms. The highest BCUT2D eigenvalue weighted by molar-refractivity contribution is 5.87. The average molecular weight is 375 g/mol. The number of anilines is 1. The number of ether oxygens (including phenoxy) is 1. The van der Waals surface area contributed by atoms with Gasteiger partial charge in [0.1, 0.15) is 5.69 Å². The van der Waals surface area contributed by atoms with Gasteiger partial charge in [-0.15, -0.1) is 0 Å². The molecule has 0 spiro atoms. The molecule has 1 aliphatic heterocycles. The van der Waals surface area contributed by atoms with Crippen molar-refractivity contribution < 1.29 is 4.74 Å². The van der Waals surface area contributed by atoms with E-state index < -0.39 is 0 Å². The van der Waals surface area contributed by atoms with E-state index in [9.17, 15) is 0 Å². The van der Waals surface area contributed by atoms with E-state index in [2.05, 4.69) is 21.7 Å². The first-order chi connectivity index (χ1) is 13.8. The van der Waals surface area contributed by atoms with Gasteiger partial charge >= 0.3 is 0 Å². The van der Waals surface area contributed by atoms with Crippen LogP contribution in [0.15, 0.2) is 30.3 Å². The predicted octanol–water partition coefficient (Wildman–Crippen LogP) is 3.43. The first-order valence-electron chi connectivity index (χ1n) is 9.90. The molecule has 0 amide bonds. The molecule has 1 saturated carbocycles. The van der Waals surface area contributed by atoms with Crippen molar-refractivity contribution in [2.45, 2.75) is 19.3 Å². The zero-order chi connectivity index (χ0) is 19.3. The fraction of sp³-hybridized carbons (Fsp3) is 0.409. The predicted molar refractivity (Wildman–Crippen MR) is 110 cm³/mol. The van der Waals surface area contributed by atoms with Crippen LogP contribution in [0.25, 0.3) is 11.1 Å². The normalized spacial score (nSPS) is 18.5. The second-order valence-corrected chi connectivity index (χ2v) is 7.60. The SMILES string of the molecule is N#Cc1ccc(-c2cc(NC[C@H]3CCNC3)c(C=N)nc2OCC2CC2)cc1. The highest BCUT2D eigenvalue weighted by atomic mass is 16.5. The van der Waals surface area contributed by atoms with Crippen molar-refractivity contribution in [3.63, 3.8) is 0 Å². The van der Waals surface area contributed by atoms with Crippen molar-refractivity contribution in [1.82, 2.24) is 10.3 Å². The fourth-order valence-corrected chi connectivity index (χ4v) is 3.43. The van der Waals surface area contributed by atoms with Gasteiger partial charge in [0.2, 0.25) is 5.88 Å². The van der Waals surface area contributed by atoms with Crippen LogP contribution in [0.5, 0.6) is 5.88 Å². The van der Waals surface area contributed by atoms with Crippen LogP contribution in [0, 0.1) is 28.6 Å². The number of benzene rings is 1. The molecule has 1 aromatic heterocycles. The van der Waals surface area contributed by atoms with Crippen molar-refractivity contribution in [2.24, 2.45) is 11.8 Å². The molecule has 2 aliphatic rings. The molecule has 1 aliphatic carbocycles. The van der Waals surface area contributed by atoms with Gasteiger partial charge in [-0.2, -0.15) is 5.26 Å². The molecule has 6 nitrogen and oxygen atoms in total. The first-order valence-corrected chi connectivity index (χ1v) is 9.90. The summed E-state index contributed by atoms with van der Waals surface area (Å²) in [6.07, 6.45) is 4.85. The third-order valence-corrected chi connectivity index (χ3v) is 5.37. The first kappa shape index (κ1) is 18.5. The van der Waals surface area contributed by atoms with Crippen LogP contribution in [0.1, 0.15) is 30.5 Å². The van der Waals surface area contributed by atoms with Gasteiger partial charge in [0.15, 0.2) is 0 Å². The molecule has 6 heteroatoms. The summed E-state index contributed by atoms with van der Waals surface area (Å²) in [4.78, 5) is 4.65. The zero-order valence-corrected chi connectivity index (χ0v) is 15.9. The van der Waals surface area contributed by atoms with Crippen LogP contribution in [0.4, 0.5) is 5.69 Å². The van der Waals surface area contributed by atoms with Gasteiger partial charge in [-0.05, 0) is 68.0 Å². The van der Waals surface area contributed by atoms with Crippen molar-refractivity contribution in [3.8, 4) is 23.1 Å². The molecule has 1 atom stereocenters. The minimum absolute atomic E-state index is 0.559. The summed E-state index contributed by atoms with van der Waals surface area (Å²) in [6.45, 7) is 3.59. The average Bonchev–Trinajstić information content (AvgIpc) is 3.43. The lowest BCUT2D eigenvalue weighted by Gasteiger charge is -2.17. The number of rotatable bonds is 8. The molecule has 2 heterocycles. The molecule has 144 valence electrons. The molecule has 0 unspecified atom stereocenters. The van der Waals surface area contributed by atoms with Gasteiger partial charge in [-0.1, -0.05) is 12.1 Å². The smallest absolute Gasteiger partial charge is 0.222 e. The lowest BCUT2D eigenvalue weighted by molar-refractivity contribution is 0.290. The van der Waals surface area contributed by atoms with Crippen molar-refractivity contribution >= 4 is 11.9 Å². The summed E-state index contributed by atoms with van der Waals surface area (Å²) in [7, 11) is 0. The standard InChI is InChI=1S/C22H25N5O/c23-10-15-3-5-18(6-4-15)19-9-20(26-13-17-7-8-25-12-17)21(11-24)27-22(19)28-14-16-1-2-16/h3-6,9,11,16-17,24-26H,1-2,7-8,12-14H2/t17-/m0/s1. The van der Waals surface area contributed by atoms with Crippen molar-refractivity contribution in [3.05, 3.63) is 41.6 Å². The van der Waals surface area contributed by atoms with E-state index in [-0.39, 0.29) is 0 Å². The van der Waals surface area contributed by atoms with Crippen LogP contribution in [0.3, 0.4) is 0 Å². The number of aromatic nitrogens is 1. The number of nitrogens with zero attached hydrogens (tertiary/aromatic N) is 2. The van der Waals surface area contributed by atoms with Crippen molar-refractivity contribution in [1.29, 1.82) is 10.7 Å². The Labute approximate surface area is 165 Å². The highest BCUT2D eigenvalue weighted by Gasteiger charge is 2.24. The maximum absolute atomic E-state index is 9.06. The van der Waals surface area contributed by atoms with Crippen LogP contribution in [-0.2, 0) is 0 Å². The molecule has 4 rings (SSSR count). The Bertz CT molecular complexity index is 877. The summed E-state index contributed by atoms with van der Waals surface area (Å²) in [5, 5.41) is 23.7. The zero-order valence-electron chi connectivity index (χ0n) is 15.9. The molecule has 1 saturated heterocycles. The fourth-order valence-electron chi connectivity index (χ4n) is 3.43. The minimum atomic E-state index is 0.559. The molecule has 2 aromatic rings. The Morgan fingerprint density at radius 1 is 1.25 bits per heavy atom. The Morgan fingerprint density at radius 3 is 2.71 bits per heavy atom. The van der Waals surface area contributed by atoms with Gasteiger partial charge in [-0.25, -0.2) is 4.98 Å². The van der Waals surface area contributed by atoms with E-state index in [0.29, 0.717) is 35.6 Å². The quantitative estimate of drug-likeness (QED) is 0.615. The van der Waals surface area contributed by atoms with E-state index in [0.717, 1.165) is 42.9 Å². The van der Waals surface area contributed by atoms with E-state index in [1.165, 1.54) is 19.1 Å². The van der Waals surface area contributed by atoms with E-state index in [1.54, 1.807) is 0 Å². The second-order valence-electron chi connectivity index (χ2n) is 7.60. The molecular formula is C22H25N5O. The largest absolute Gasteiger partial charge is 0.477 e. The molecule has 1 aromatic carbocycles. The molecule has 0 bridgehead atoms. The summed E-state index contributed by atoms with van der Waals surface area (Å²) in [5.74, 6) is 1.76. The number of hydrogen-bond acceptors (Lipinski definition) is 6. The highest BCUT2D eigenvalue weighted by Crippen LogP contribution is 2.35. The Hall–Kier alpha value is -2.91. The van der Waals surface area contributed by atoms with Gasteiger partial charge in [0, 0.05) is 18.3 Å². The summed E-state index contributed by atoms with van der Waals surface area (Å²) in [6, 6.07) is 11.6. The number of hydrogen-bond donors (Lipinski definition) is 3. The van der Waals surface area contributed by atoms with Gasteiger partial charge in [-0.3, -0.25) is 0 Å². The Morgan fingerprint density at radius 2 is 2.07 bits per heavy atom. The third-order valence-electron chi connectivity index (χ3n) is 5.37. The van der Waals surface area contributed by atoms with E-state index in [4.69, 9.17) is 15.4 Å². The number of pyridine rings is 1. The van der Waals surface area contributed by atoms with Crippen LogP contribution in [-0.4, -0.2) is 37.4 Å². The van der Waals surface area contributed by atoms with Crippen LogP contribution in [0.2, 0.25) is 0 Å². The maximum Gasteiger partial charge on any atom is 0.222 e. The Balaban J connectivity index is 1.64. The van der Waals surface area contributed by atoms with E-state index in [1.807, 2.05) is 30.3 Å². The maximum atomic E-state index is 9.06. The summed E-state index contributed by atoms with van der Waals surface area (Å²) < 4.78 is 6.03. The number of nitriles is 1. The van der Waals surface area contributed by atoms with Crippen LogP contribution < -0.4 is 15.4 Å². The second kappa shape index (κ2) is 8.41.